The summed E-state index contributed by atoms with van der Waals surface area (Å²) in [5.41, 5.74) is 3.68. The van der Waals surface area contributed by atoms with Crippen LogP contribution in [-0.4, -0.2) is 37.0 Å². The number of nitrogens with two attached hydrogens (primary N) is 1. The number of non-ortho nitro benzene ring substituents is 1. The van der Waals surface area contributed by atoms with Crippen molar-refractivity contribution in [2.75, 3.05) is 37.9 Å². The molecule has 0 saturated heterocycles. The molecule has 7 heteroatoms. The fourth-order valence-electron chi connectivity index (χ4n) is 2.16. The third-order valence-corrected chi connectivity index (χ3v) is 2.81. The largest absolute Gasteiger partial charge is 0.384 e. The van der Waals surface area contributed by atoms with Crippen LogP contribution in [0.2, 0.25) is 0 Å². The second kappa shape index (κ2) is 6.53. The Balaban J connectivity index is 2.82. The molecule has 0 bridgehead atoms. The van der Waals surface area contributed by atoms with Gasteiger partial charge in [0.05, 0.1) is 10.6 Å². The number of nitro groups is 1. The highest BCUT2D eigenvalue weighted by molar-refractivity contribution is 5.63. The molecule has 1 aromatic carbocycles. The van der Waals surface area contributed by atoms with E-state index in [1.165, 1.54) is 12.1 Å². The van der Waals surface area contributed by atoms with E-state index in [9.17, 15) is 10.1 Å². The molecule has 0 amide bonds. The molecule has 0 saturated carbocycles. The lowest BCUT2D eigenvalue weighted by Crippen LogP contribution is -2.34. The summed E-state index contributed by atoms with van der Waals surface area (Å²) in [5.74, 6) is 5.33. The van der Waals surface area contributed by atoms with Gasteiger partial charge in [-0.1, -0.05) is 13.8 Å². The molecule has 0 aliphatic heterocycles. The number of nitrogen functional groups attached to an aromatic ring is 1. The van der Waals surface area contributed by atoms with E-state index < -0.39 is 4.92 Å². The smallest absolute Gasteiger partial charge is 0.273 e. The van der Waals surface area contributed by atoms with E-state index in [-0.39, 0.29) is 11.1 Å². The van der Waals surface area contributed by atoms with Gasteiger partial charge in [-0.05, 0) is 25.6 Å². The number of rotatable bonds is 7. The van der Waals surface area contributed by atoms with Crippen molar-refractivity contribution < 1.29 is 4.92 Å². The molecule has 0 fully saturated rings. The lowest BCUT2D eigenvalue weighted by atomic mass is 9.93. The summed E-state index contributed by atoms with van der Waals surface area (Å²) in [6, 6.07) is 4.65. The minimum atomic E-state index is -0.434. The van der Waals surface area contributed by atoms with Crippen molar-refractivity contribution >= 4 is 17.1 Å². The second-order valence-corrected chi connectivity index (χ2v) is 5.93. The highest BCUT2D eigenvalue weighted by Gasteiger charge is 2.19. The standard InChI is InChI=1S/C13H23N5O2/c1-13(2,9-17(3)4)8-15-10-5-11(16-14)7-12(6-10)18(19)20/h5-7,15-16H,8-9,14H2,1-4H3. The molecule has 1 aromatic rings. The second-order valence-electron chi connectivity index (χ2n) is 5.93. The third-order valence-electron chi connectivity index (χ3n) is 2.81. The fourth-order valence-corrected chi connectivity index (χ4v) is 2.16. The van der Waals surface area contributed by atoms with Crippen molar-refractivity contribution in [1.82, 2.24) is 4.90 Å². The van der Waals surface area contributed by atoms with E-state index in [1.54, 1.807) is 6.07 Å². The Hall–Kier alpha value is -1.86. The zero-order chi connectivity index (χ0) is 15.3. The van der Waals surface area contributed by atoms with Gasteiger partial charge in [0.2, 0.25) is 0 Å². The zero-order valence-corrected chi connectivity index (χ0v) is 12.4. The average molecular weight is 281 g/mol. The molecular formula is C13H23N5O2. The summed E-state index contributed by atoms with van der Waals surface area (Å²) in [6.45, 7) is 5.90. The Kier molecular flexibility index (Phi) is 5.29. The molecule has 112 valence electrons. The van der Waals surface area contributed by atoms with Crippen LogP contribution >= 0.6 is 0 Å². The molecule has 0 aliphatic rings. The van der Waals surface area contributed by atoms with Gasteiger partial charge in [0.25, 0.3) is 5.69 Å². The summed E-state index contributed by atoms with van der Waals surface area (Å²) in [6.07, 6.45) is 0. The Morgan fingerprint density at radius 3 is 2.40 bits per heavy atom. The maximum atomic E-state index is 10.9. The number of hydrazine groups is 1. The summed E-state index contributed by atoms with van der Waals surface area (Å²) < 4.78 is 0. The van der Waals surface area contributed by atoms with Gasteiger partial charge in [-0.25, -0.2) is 0 Å². The molecule has 4 N–H and O–H groups in total. The minimum Gasteiger partial charge on any atom is -0.384 e. The molecule has 0 radical (unpaired) electrons. The van der Waals surface area contributed by atoms with E-state index >= 15 is 0 Å². The van der Waals surface area contributed by atoms with Gasteiger partial charge >= 0.3 is 0 Å². The molecule has 0 unspecified atom stereocenters. The van der Waals surface area contributed by atoms with Crippen LogP contribution in [0, 0.1) is 15.5 Å². The van der Waals surface area contributed by atoms with Crippen LogP contribution in [0.3, 0.4) is 0 Å². The van der Waals surface area contributed by atoms with Gasteiger partial charge in [0.1, 0.15) is 0 Å². The molecule has 0 atom stereocenters. The summed E-state index contributed by atoms with van der Waals surface area (Å²) in [7, 11) is 4.04. The van der Waals surface area contributed by atoms with E-state index in [0.29, 0.717) is 17.9 Å². The maximum absolute atomic E-state index is 10.9. The zero-order valence-electron chi connectivity index (χ0n) is 12.4. The third kappa shape index (κ3) is 5.02. The van der Waals surface area contributed by atoms with Gasteiger partial charge in [0.15, 0.2) is 0 Å². The maximum Gasteiger partial charge on any atom is 0.273 e. The minimum absolute atomic E-state index is 0.00775. The molecule has 1 rings (SSSR count). The van der Waals surface area contributed by atoms with Crippen molar-refractivity contribution in [2.45, 2.75) is 13.8 Å². The fraction of sp³-hybridized carbons (Fsp3) is 0.538. The monoisotopic (exact) mass is 281 g/mol. The summed E-state index contributed by atoms with van der Waals surface area (Å²) in [4.78, 5) is 12.6. The Morgan fingerprint density at radius 2 is 1.90 bits per heavy atom. The van der Waals surface area contributed by atoms with Gasteiger partial charge in [-0.15, -0.1) is 0 Å². The SMILES string of the molecule is CN(C)CC(C)(C)CNc1cc(NN)cc([N+](=O)[O-])c1. The van der Waals surface area contributed by atoms with E-state index in [4.69, 9.17) is 5.84 Å². The molecule has 7 nitrogen and oxygen atoms in total. The van der Waals surface area contributed by atoms with Crippen molar-refractivity contribution in [3.05, 3.63) is 28.3 Å². The first kappa shape index (κ1) is 16.2. The van der Waals surface area contributed by atoms with Crippen LogP contribution in [0.25, 0.3) is 0 Å². The number of hydrogen-bond donors (Lipinski definition) is 3. The first-order valence-electron chi connectivity index (χ1n) is 6.38. The number of hydrogen-bond acceptors (Lipinski definition) is 6. The Labute approximate surface area is 119 Å². The predicted molar refractivity (Wildman–Crippen MR) is 81.7 cm³/mol. The molecule has 0 spiro atoms. The average Bonchev–Trinajstić information content (AvgIpc) is 2.34. The highest BCUT2D eigenvalue weighted by Crippen LogP contribution is 2.25. The van der Waals surface area contributed by atoms with Crippen LogP contribution in [0.1, 0.15) is 13.8 Å². The molecule has 0 heterocycles. The van der Waals surface area contributed by atoms with Gasteiger partial charge in [-0.3, -0.25) is 16.0 Å². The Morgan fingerprint density at radius 1 is 1.30 bits per heavy atom. The number of nitrogens with one attached hydrogen (secondary N) is 2. The molecule has 0 aromatic heterocycles. The molecular weight excluding hydrogens is 258 g/mol. The predicted octanol–water partition coefficient (Wildman–Crippen LogP) is 1.88. The summed E-state index contributed by atoms with van der Waals surface area (Å²) >= 11 is 0. The topological polar surface area (TPSA) is 96.5 Å². The van der Waals surface area contributed by atoms with Crippen LogP contribution in [0.15, 0.2) is 18.2 Å². The lowest BCUT2D eigenvalue weighted by molar-refractivity contribution is -0.384. The number of nitrogens with zero attached hydrogens (tertiary/aromatic N) is 2. The molecule has 0 aliphatic carbocycles. The lowest BCUT2D eigenvalue weighted by Gasteiger charge is -2.29. The van der Waals surface area contributed by atoms with Crippen molar-refractivity contribution in [2.24, 2.45) is 11.3 Å². The van der Waals surface area contributed by atoms with Crippen molar-refractivity contribution in [3.8, 4) is 0 Å². The Bertz CT molecular complexity index is 474. The van der Waals surface area contributed by atoms with Crippen LogP contribution < -0.4 is 16.6 Å². The van der Waals surface area contributed by atoms with Crippen molar-refractivity contribution in [1.29, 1.82) is 0 Å². The molecule has 20 heavy (non-hydrogen) atoms. The quantitative estimate of drug-likeness (QED) is 0.401. The summed E-state index contributed by atoms with van der Waals surface area (Å²) in [5, 5.41) is 14.1. The normalized spacial score (nSPS) is 11.5. The van der Waals surface area contributed by atoms with Crippen molar-refractivity contribution in [3.63, 3.8) is 0 Å². The highest BCUT2D eigenvalue weighted by atomic mass is 16.6. The van der Waals surface area contributed by atoms with Gasteiger partial charge < -0.3 is 15.6 Å². The van der Waals surface area contributed by atoms with Gasteiger partial charge in [-0.2, -0.15) is 0 Å². The van der Waals surface area contributed by atoms with E-state index in [1.807, 2.05) is 14.1 Å². The number of anilines is 2. The van der Waals surface area contributed by atoms with Crippen LogP contribution in [0.4, 0.5) is 17.1 Å². The van der Waals surface area contributed by atoms with Crippen LogP contribution in [0.5, 0.6) is 0 Å². The number of nitro benzene ring substituents is 1. The van der Waals surface area contributed by atoms with E-state index in [2.05, 4.69) is 29.5 Å². The van der Waals surface area contributed by atoms with Crippen LogP contribution in [-0.2, 0) is 0 Å². The van der Waals surface area contributed by atoms with E-state index in [0.717, 1.165) is 6.54 Å². The first-order valence-corrected chi connectivity index (χ1v) is 6.38. The van der Waals surface area contributed by atoms with Gasteiger partial charge in [0, 0.05) is 30.9 Å². The first-order chi connectivity index (χ1) is 9.23. The number of benzene rings is 1.